The van der Waals surface area contributed by atoms with E-state index in [4.69, 9.17) is 11.5 Å². The van der Waals surface area contributed by atoms with E-state index in [2.05, 4.69) is 15.9 Å². The summed E-state index contributed by atoms with van der Waals surface area (Å²) < 4.78 is 13.6. The third kappa shape index (κ3) is 2.28. The van der Waals surface area contributed by atoms with Crippen LogP contribution in [0.25, 0.3) is 0 Å². The van der Waals surface area contributed by atoms with Gasteiger partial charge in [-0.2, -0.15) is 0 Å². The van der Waals surface area contributed by atoms with Crippen LogP contribution in [0.15, 0.2) is 16.6 Å². The number of halogens is 2. The molecule has 6 heteroatoms. The molecule has 92 valence electrons. The maximum absolute atomic E-state index is 13.1. The topological polar surface area (TPSA) is 72.4 Å². The number of nitrogens with two attached hydrogens (primary N) is 2. The summed E-state index contributed by atoms with van der Waals surface area (Å²) in [6.07, 6.45) is 0.416. The summed E-state index contributed by atoms with van der Waals surface area (Å²) in [5.74, 6) is -0.321. The first kappa shape index (κ1) is 12.3. The molecule has 1 amide bonds. The lowest BCUT2D eigenvalue weighted by Gasteiger charge is -2.20. The average Bonchev–Trinajstić information content (AvgIpc) is 2.59. The number of nitrogen functional groups attached to an aromatic ring is 1. The molecule has 0 radical (unpaired) electrons. The molecule has 1 heterocycles. The summed E-state index contributed by atoms with van der Waals surface area (Å²) in [6.45, 7) is 0.991. The third-order valence-corrected chi connectivity index (χ3v) is 3.47. The van der Waals surface area contributed by atoms with Crippen molar-refractivity contribution in [1.29, 1.82) is 0 Å². The van der Waals surface area contributed by atoms with Crippen LogP contribution in [-0.4, -0.2) is 19.0 Å². The van der Waals surface area contributed by atoms with Crippen LogP contribution in [0.5, 0.6) is 0 Å². The fourth-order valence-corrected chi connectivity index (χ4v) is 2.69. The van der Waals surface area contributed by atoms with E-state index in [9.17, 15) is 9.18 Å². The van der Waals surface area contributed by atoms with E-state index in [-0.39, 0.29) is 17.5 Å². The van der Waals surface area contributed by atoms with Crippen molar-refractivity contribution in [3.05, 3.63) is 22.4 Å². The van der Waals surface area contributed by atoms with E-state index in [1.165, 1.54) is 12.1 Å². The normalized spacial score (nSPS) is 20.1. The minimum Gasteiger partial charge on any atom is -0.397 e. The second-order valence-corrected chi connectivity index (χ2v) is 4.99. The first-order valence-corrected chi connectivity index (χ1v) is 6.07. The Morgan fingerprint density at radius 2 is 2.24 bits per heavy atom. The van der Waals surface area contributed by atoms with Gasteiger partial charge in [0.2, 0.25) is 5.91 Å². The number of rotatable bonds is 2. The molecule has 1 aliphatic heterocycles. The maximum atomic E-state index is 13.1. The van der Waals surface area contributed by atoms with Crippen LogP contribution in [-0.2, 0) is 4.79 Å². The van der Waals surface area contributed by atoms with Crippen LogP contribution in [0.2, 0.25) is 0 Å². The van der Waals surface area contributed by atoms with E-state index in [1.54, 1.807) is 4.90 Å². The molecule has 2 rings (SSSR count). The number of carbonyl (C=O) groups excluding carboxylic acids is 1. The molecule has 0 bridgehead atoms. The van der Waals surface area contributed by atoms with Crippen molar-refractivity contribution in [2.45, 2.75) is 6.42 Å². The van der Waals surface area contributed by atoms with Crippen LogP contribution >= 0.6 is 15.9 Å². The van der Waals surface area contributed by atoms with Crippen molar-refractivity contribution in [3.63, 3.8) is 0 Å². The molecule has 1 fully saturated rings. The summed E-state index contributed by atoms with van der Waals surface area (Å²) in [4.78, 5) is 13.4. The number of hydrogen-bond acceptors (Lipinski definition) is 3. The van der Waals surface area contributed by atoms with E-state index < -0.39 is 5.82 Å². The Bertz CT molecular complexity index is 443. The van der Waals surface area contributed by atoms with Gasteiger partial charge in [-0.05, 0) is 40.5 Å². The standard InChI is InChI=1S/C11H13BrFN3O/c12-8-2-7(13)3-9(15)11(8)16-5-6(4-14)1-10(16)17/h2-3,6H,1,4-5,14-15H2. The van der Waals surface area contributed by atoms with Gasteiger partial charge in [0.25, 0.3) is 0 Å². The summed E-state index contributed by atoms with van der Waals surface area (Å²) in [5.41, 5.74) is 12.1. The number of amides is 1. The fourth-order valence-electron chi connectivity index (χ4n) is 2.03. The number of nitrogens with zero attached hydrogens (tertiary/aromatic N) is 1. The second-order valence-electron chi connectivity index (χ2n) is 4.14. The quantitative estimate of drug-likeness (QED) is 0.813. The van der Waals surface area contributed by atoms with Crippen molar-refractivity contribution in [3.8, 4) is 0 Å². The van der Waals surface area contributed by atoms with E-state index in [0.717, 1.165) is 0 Å². The van der Waals surface area contributed by atoms with Crippen LogP contribution in [0.3, 0.4) is 0 Å². The molecule has 0 saturated carbocycles. The van der Waals surface area contributed by atoms with Crippen LogP contribution in [0.1, 0.15) is 6.42 Å². The van der Waals surface area contributed by atoms with Crippen molar-refractivity contribution < 1.29 is 9.18 Å². The van der Waals surface area contributed by atoms with Gasteiger partial charge in [0.05, 0.1) is 11.4 Å². The highest BCUT2D eigenvalue weighted by Gasteiger charge is 2.32. The zero-order valence-corrected chi connectivity index (χ0v) is 10.7. The summed E-state index contributed by atoms with van der Waals surface area (Å²) in [6, 6.07) is 2.51. The largest absolute Gasteiger partial charge is 0.397 e. The molecule has 1 atom stereocenters. The first-order chi connectivity index (χ1) is 8.02. The predicted molar refractivity (Wildman–Crippen MR) is 68.0 cm³/mol. The molecule has 4 nitrogen and oxygen atoms in total. The minimum atomic E-state index is -0.430. The minimum absolute atomic E-state index is 0.0283. The van der Waals surface area contributed by atoms with Crippen molar-refractivity contribution in [2.75, 3.05) is 23.7 Å². The monoisotopic (exact) mass is 301 g/mol. The molecule has 0 aromatic heterocycles. The van der Waals surface area contributed by atoms with Crippen LogP contribution in [0, 0.1) is 11.7 Å². The summed E-state index contributed by atoms with van der Waals surface area (Å²) >= 11 is 3.23. The van der Waals surface area contributed by atoms with Gasteiger partial charge in [-0.1, -0.05) is 0 Å². The molecule has 1 aromatic rings. The SMILES string of the molecule is NCC1CC(=O)N(c2c(N)cc(F)cc2Br)C1. The predicted octanol–water partition coefficient (Wildman–Crippen LogP) is 1.48. The molecule has 4 N–H and O–H groups in total. The molecule has 1 saturated heterocycles. The van der Waals surface area contributed by atoms with Gasteiger partial charge in [0, 0.05) is 17.4 Å². The van der Waals surface area contributed by atoms with Crippen molar-refractivity contribution >= 4 is 33.2 Å². The average molecular weight is 302 g/mol. The molecule has 1 aromatic carbocycles. The van der Waals surface area contributed by atoms with Gasteiger partial charge in [-0.25, -0.2) is 4.39 Å². The van der Waals surface area contributed by atoms with Crippen LogP contribution < -0.4 is 16.4 Å². The van der Waals surface area contributed by atoms with Gasteiger partial charge < -0.3 is 16.4 Å². The smallest absolute Gasteiger partial charge is 0.227 e. The molecule has 0 spiro atoms. The molecule has 1 unspecified atom stereocenters. The fraction of sp³-hybridized carbons (Fsp3) is 0.364. The molecular weight excluding hydrogens is 289 g/mol. The lowest BCUT2D eigenvalue weighted by molar-refractivity contribution is -0.117. The lowest BCUT2D eigenvalue weighted by Crippen LogP contribution is -2.27. The van der Waals surface area contributed by atoms with Crippen molar-refractivity contribution in [2.24, 2.45) is 11.7 Å². The van der Waals surface area contributed by atoms with E-state index >= 15 is 0 Å². The Labute approximate surface area is 107 Å². The van der Waals surface area contributed by atoms with Gasteiger partial charge >= 0.3 is 0 Å². The molecule has 17 heavy (non-hydrogen) atoms. The van der Waals surface area contributed by atoms with Gasteiger partial charge in [0.1, 0.15) is 5.82 Å². The number of anilines is 2. The highest BCUT2D eigenvalue weighted by Crippen LogP contribution is 2.36. The Morgan fingerprint density at radius 1 is 1.53 bits per heavy atom. The highest BCUT2D eigenvalue weighted by atomic mass is 79.9. The summed E-state index contributed by atoms with van der Waals surface area (Å²) in [5, 5.41) is 0. The zero-order chi connectivity index (χ0) is 12.6. The van der Waals surface area contributed by atoms with E-state index in [1.807, 2.05) is 0 Å². The van der Waals surface area contributed by atoms with Gasteiger partial charge in [-0.15, -0.1) is 0 Å². The van der Waals surface area contributed by atoms with Crippen LogP contribution in [0.4, 0.5) is 15.8 Å². The van der Waals surface area contributed by atoms with E-state index in [0.29, 0.717) is 29.7 Å². The zero-order valence-electron chi connectivity index (χ0n) is 9.12. The molecule has 0 aliphatic carbocycles. The number of carbonyl (C=O) groups is 1. The second kappa shape index (κ2) is 4.62. The van der Waals surface area contributed by atoms with Gasteiger partial charge in [0.15, 0.2) is 0 Å². The Hall–Kier alpha value is -1.14. The van der Waals surface area contributed by atoms with Gasteiger partial charge in [-0.3, -0.25) is 4.79 Å². The molecular formula is C11H13BrFN3O. The maximum Gasteiger partial charge on any atom is 0.227 e. The highest BCUT2D eigenvalue weighted by molar-refractivity contribution is 9.10. The van der Waals surface area contributed by atoms with Crippen molar-refractivity contribution in [1.82, 2.24) is 0 Å². The number of hydrogen-bond donors (Lipinski definition) is 2. The Balaban J connectivity index is 2.38. The number of benzene rings is 1. The Morgan fingerprint density at radius 3 is 2.76 bits per heavy atom. The summed E-state index contributed by atoms with van der Waals surface area (Å²) in [7, 11) is 0. The first-order valence-electron chi connectivity index (χ1n) is 5.28. The Kier molecular flexibility index (Phi) is 3.35. The molecule has 1 aliphatic rings. The lowest BCUT2D eigenvalue weighted by atomic mass is 10.1. The third-order valence-electron chi connectivity index (χ3n) is 2.87.